The zero-order valence-electron chi connectivity index (χ0n) is 19.7. The summed E-state index contributed by atoms with van der Waals surface area (Å²) in [5.74, 6) is 1.60. The van der Waals surface area contributed by atoms with Crippen LogP contribution in [0.15, 0.2) is 54.7 Å². The van der Waals surface area contributed by atoms with Crippen molar-refractivity contribution in [3.8, 4) is 17.0 Å². The van der Waals surface area contributed by atoms with E-state index in [0.717, 1.165) is 71.0 Å². The topological polar surface area (TPSA) is 86.4 Å². The molecule has 0 atom stereocenters. The molecule has 2 aliphatic heterocycles. The summed E-state index contributed by atoms with van der Waals surface area (Å²) in [6, 6.07) is 15.8. The highest BCUT2D eigenvalue weighted by Crippen LogP contribution is 2.36. The number of hydrogen-bond donors (Lipinski definition) is 2. The van der Waals surface area contributed by atoms with Gasteiger partial charge in [0, 0.05) is 60.1 Å². The predicted octanol–water partition coefficient (Wildman–Crippen LogP) is 3.88. The number of methoxy groups -OCH3 is 1. The summed E-state index contributed by atoms with van der Waals surface area (Å²) in [6.45, 7) is 4.07. The first-order valence-corrected chi connectivity index (χ1v) is 11.7. The molecule has 0 radical (unpaired) electrons. The van der Waals surface area contributed by atoms with Gasteiger partial charge >= 0.3 is 0 Å². The molecule has 0 saturated carbocycles. The van der Waals surface area contributed by atoms with Crippen molar-refractivity contribution in [2.75, 3.05) is 50.6 Å². The van der Waals surface area contributed by atoms with Gasteiger partial charge in [-0.05, 0) is 61.2 Å². The normalized spacial score (nSPS) is 17.1. The molecular formula is C27H26N6O2. The Bertz CT molecular complexity index is 1450. The van der Waals surface area contributed by atoms with Gasteiger partial charge in [0.05, 0.1) is 12.6 Å². The third kappa shape index (κ3) is 3.91. The molecule has 0 bridgehead atoms. The van der Waals surface area contributed by atoms with Crippen LogP contribution in [-0.2, 0) is 4.79 Å². The van der Waals surface area contributed by atoms with Crippen LogP contribution >= 0.6 is 0 Å². The number of amides is 1. The predicted molar refractivity (Wildman–Crippen MR) is 139 cm³/mol. The van der Waals surface area contributed by atoms with Crippen molar-refractivity contribution in [3.05, 3.63) is 65.9 Å². The molecule has 176 valence electrons. The summed E-state index contributed by atoms with van der Waals surface area (Å²) in [4.78, 5) is 22.0. The number of likely N-dealkylation sites (N-methyl/N-ethyl adjacent to an activating group) is 1. The molecule has 0 aliphatic carbocycles. The Hall–Kier alpha value is -4.17. The van der Waals surface area contributed by atoms with Gasteiger partial charge < -0.3 is 19.9 Å². The molecule has 8 nitrogen and oxygen atoms in total. The summed E-state index contributed by atoms with van der Waals surface area (Å²) in [5.41, 5.74) is 5.90. The number of pyridine rings is 1. The molecule has 0 spiro atoms. The first-order valence-electron chi connectivity index (χ1n) is 11.7. The fourth-order valence-corrected chi connectivity index (χ4v) is 4.70. The summed E-state index contributed by atoms with van der Waals surface area (Å²) >= 11 is 0. The van der Waals surface area contributed by atoms with E-state index in [1.165, 1.54) is 0 Å². The number of aromatic nitrogens is 3. The van der Waals surface area contributed by atoms with Gasteiger partial charge in [-0.15, -0.1) is 0 Å². The number of anilines is 2. The fourth-order valence-electron chi connectivity index (χ4n) is 4.70. The Morgan fingerprint density at radius 1 is 1.03 bits per heavy atom. The Kier molecular flexibility index (Phi) is 5.22. The molecule has 4 heterocycles. The number of piperazine rings is 1. The highest BCUT2D eigenvalue weighted by molar-refractivity contribution is 6.35. The second-order valence-electron chi connectivity index (χ2n) is 9.00. The van der Waals surface area contributed by atoms with Crippen molar-refractivity contribution < 1.29 is 9.53 Å². The number of ether oxygens (including phenoxy) is 1. The minimum atomic E-state index is -0.120. The number of H-pyrrole nitrogens is 1. The molecule has 35 heavy (non-hydrogen) atoms. The van der Waals surface area contributed by atoms with Crippen LogP contribution in [0.2, 0.25) is 0 Å². The lowest BCUT2D eigenvalue weighted by Crippen LogP contribution is -2.44. The Labute approximate surface area is 203 Å². The van der Waals surface area contributed by atoms with Gasteiger partial charge in [-0.3, -0.25) is 9.89 Å². The monoisotopic (exact) mass is 466 g/mol. The second kappa shape index (κ2) is 8.56. The average Bonchev–Trinajstić information content (AvgIpc) is 3.44. The van der Waals surface area contributed by atoms with E-state index >= 15 is 0 Å². The number of nitrogens with one attached hydrogen (secondary N) is 2. The molecule has 4 aromatic rings. The largest absolute Gasteiger partial charge is 0.497 e. The standard InChI is InChI=1S/C27H26N6O2/c1-32-9-11-33(12-10-32)25-8-4-18(16-28-25)26-20-6-3-17(14-24(20)30-31-26)13-22-21-15-19(35-2)5-7-23(21)29-27(22)34/h3-8,13-16H,9-12H2,1-2H3,(H,29,34)(H,30,31)/b22-13-. The Morgan fingerprint density at radius 2 is 1.89 bits per heavy atom. The average molecular weight is 467 g/mol. The van der Waals surface area contributed by atoms with Crippen LogP contribution in [0.1, 0.15) is 11.1 Å². The van der Waals surface area contributed by atoms with E-state index in [0.29, 0.717) is 11.3 Å². The maximum atomic E-state index is 12.6. The van der Waals surface area contributed by atoms with E-state index in [1.54, 1.807) is 7.11 Å². The number of fused-ring (bicyclic) bond motifs is 2. The first kappa shape index (κ1) is 21.4. The third-order valence-electron chi connectivity index (χ3n) is 6.76. The molecule has 8 heteroatoms. The van der Waals surface area contributed by atoms with Gasteiger partial charge in [-0.2, -0.15) is 5.10 Å². The van der Waals surface area contributed by atoms with E-state index in [4.69, 9.17) is 9.72 Å². The first-order chi connectivity index (χ1) is 17.1. The van der Waals surface area contributed by atoms with E-state index < -0.39 is 0 Å². The van der Waals surface area contributed by atoms with Crippen LogP contribution in [0.25, 0.3) is 33.8 Å². The highest BCUT2D eigenvalue weighted by Gasteiger charge is 2.24. The molecule has 2 aromatic carbocycles. The van der Waals surface area contributed by atoms with Crippen molar-refractivity contribution in [3.63, 3.8) is 0 Å². The quantitative estimate of drug-likeness (QED) is 0.444. The Morgan fingerprint density at radius 3 is 2.66 bits per heavy atom. The van der Waals surface area contributed by atoms with Gasteiger partial charge in [0.1, 0.15) is 17.3 Å². The SMILES string of the molecule is COc1ccc2c(c1)/C(=C/c1ccc3c(-c4ccc(N5CCN(C)CC5)nc4)n[nH]c3c1)C(=O)N2. The second-order valence-corrected chi connectivity index (χ2v) is 9.00. The van der Waals surface area contributed by atoms with Crippen molar-refractivity contribution >= 4 is 40.0 Å². The molecule has 0 unspecified atom stereocenters. The van der Waals surface area contributed by atoms with Gasteiger partial charge in [0.25, 0.3) is 5.91 Å². The van der Waals surface area contributed by atoms with Gasteiger partial charge in [0.2, 0.25) is 0 Å². The van der Waals surface area contributed by atoms with Crippen LogP contribution < -0.4 is 15.0 Å². The van der Waals surface area contributed by atoms with Crippen LogP contribution in [0.3, 0.4) is 0 Å². The van der Waals surface area contributed by atoms with E-state index in [1.807, 2.05) is 48.7 Å². The lowest BCUT2D eigenvalue weighted by atomic mass is 10.0. The number of carbonyl (C=O) groups excluding carboxylic acids is 1. The molecule has 2 aromatic heterocycles. The summed E-state index contributed by atoms with van der Waals surface area (Å²) in [5, 5.41) is 11.6. The number of nitrogens with zero attached hydrogens (tertiary/aromatic N) is 4. The van der Waals surface area contributed by atoms with E-state index in [-0.39, 0.29) is 5.91 Å². The van der Waals surface area contributed by atoms with Gasteiger partial charge in [-0.1, -0.05) is 6.07 Å². The minimum Gasteiger partial charge on any atom is -0.497 e. The fraction of sp³-hybridized carbons (Fsp3) is 0.222. The Balaban J connectivity index is 1.28. The zero-order valence-corrected chi connectivity index (χ0v) is 19.7. The van der Waals surface area contributed by atoms with Crippen LogP contribution in [0.5, 0.6) is 5.75 Å². The summed E-state index contributed by atoms with van der Waals surface area (Å²) < 4.78 is 5.33. The van der Waals surface area contributed by atoms with Gasteiger partial charge in [0.15, 0.2) is 0 Å². The number of carbonyl (C=O) groups is 1. The number of aromatic amines is 1. The van der Waals surface area contributed by atoms with Crippen molar-refractivity contribution in [1.82, 2.24) is 20.1 Å². The van der Waals surface area contributed by atoms with Crippen LogP contribution in [-0.4, -0.2) is 66.3 Å². The minimum absolute atomic E-state index is 0.120. The number of benzene rings is 2. The molecule has 1 saturated heterocycles. The van der Waals surface area contributed by atoms with E-state index in [2.05, 4.69) is 44.5 Å². The molecule has 1 amide bonds. The number of hydrogen-bond acceptors (Lipinski definition) is 6. The molecule has 6 rings (SSSR count). The zero-order chi connectivity index (χ0) is 23.9. The summed E-state index contributed by atoms with van der Waals surface area (Å²) in [7, 11) is 3.77. The smallest absolute Gasteiger partial charge is 0.256 e. The highest BCUT2D eigenvalue weighted by atomic mass is 16.5. The molecular weight excluding hydrogens is 440 g/mol. The van der Waals surface area contributed by atoms with Crippen LogP contribution in [0, 0.1) is 0 Å². The molecule has 1 fully saturated rings. The van der Waals surface area contributed by atoms with E-state index in [9.17, 15) is 4.79 Å². The lowest BCUT2D eigenvalue weighted by molar-refractivity contribution is -0.110. The number of rotatable bonds is 4. The maximum absolute atomic E-state index is 12.6. The lowest BCUT2D eigenvalue weighted by Gasteiger charge is -2.33. The van der Waals surface area contributed by atoms with Gasteiger partial charge in [-0.25, -0.2) is 4.98 Å². The van der Waals surface area contributed by atoms with Crippen molar-refractivity contribution in [2.45, 2.75) is 0 Å². The van der Waals surface area contributed by atoms with Crippen LogP contribution in [0.4, 0.5) is 11.5 Å². The third-order valence-corrected chi connectivity index (χ3v) is 6.76. The van der Waals surface area contributed by atoms with Crippen molar-refractivity contribution in [2.24, 2.45) is 0 Å². The molecule has 2 aliphatic rings. The maximum Gasteiger partial charge on any atom is 0.256 e. The molecule has 2 N–H and O–H groups in total. The summed E-state index contributed by atoms with van der Waals surface area (Å²) in [6.07, 6.45) is 3.79. The van der Waals surface area contributed by atoms with Crippen molar-refractivity contribution in [1.29, 1.82) is 0 Å².